The second-order valence-electron chi connectivity index (χ2n) is 6.40. The molecule has 1 aromatic heterocycles. The quantitative estimate of drug-likeness (QED) is 0.901. The van der Waals surface area contributed by atoms with E-state index in [2.05, 4.69) is 4.98 Å². The molecule has 1 aromatic carbocycles. The van der Waals surface area contributed by atoms with E-state index < -0.39 is 10.0 Å². The highest BCUT2D eigenvalue weighted by Crippen LogP contribution is 2.20. The average molecular weight is 361 g/mol. The summed E-state index contributed by atoms with van der Waals surface area (Å²) in [4.78, 5) is 17.4. The topological polar surface area (TPSA) is 73.5 Å². The van der Waals surface area contributed by atoms with Gasteiger partial charge in [0, 0.05) is 38.1 Å². The smallest absolute Gasteiger partial charge is 0.243 e. The summed E-state index contributed by atoms with van der Waals surface area (Å²) in [6.07, 6.45) is 2.10. The van der Waals surface area contributed by atoms with Gasteiger partial charge in [-0.1, -0.05) is 6.07 Å². The maximum Gasteiger partial charge on any atom is 0.243 e. The second-order valence-corrected chi connectivity index (χ2v) is 8.34. The summed E-state index contributed by atoms with van der Waals surface area (Å²) in [5.74, 6) is 0.0191. The number of carbonyl (C=O) groups excluding carboxylic acids is 1. The lowest BCUT2D eigenvalue weighted by atomic mass is 10.1. The van der Waals surface area contributed by atoms with Crippen LogP contribution in [0.2, 0.25) is 0 Å². The predicted octanol–water partition coefficient (Wildman–Crippen LogP) is 1.71. The number of H-pyrrole nitrogens is 1. The molecule has 1 aliphatic heterocycles. The van der Waals surface area contributed by atoms with Crippen molar-refractivity contribution < 1.29 is 13.2 Å². The minimum Gasteiger partial charge on any atom is -0.365 e. The lowest BCUT2D eigenvalue weighted by Crippen LogP contribution is -2.50. The molecule has 0 aliphatic carbocycles. The number of hydrogen-bond donors (Lipinski definition) is 1. The van der Waals surface area contributed by atoms with Crippen LogP contribution in [0.5, 0.6) is 0 Å². The lowest BCUT2D eigenvalue weighted by Gasteiger charge is -2.34. The van der Waals surface area contributed by atoms with Crippen LogP contribution in [-0.2, 0) is 21.2 Å². The van der Waals surface area contributed by atoms with Gasteiger partial charge in [-0.3, -0.25) is 4.79 Å². The molecule has 0 radical (unpaired) electrons. The van der Waals surface area contributed by atoms with Crippen molar-refractivity contribution in [3.63, 3.8) is 0 Å². The number of carbonyl (C=O) groups is 1. The Morgan fingerprint density at radius 2 is 1.80 bits per heavy atom. The number of nitrogens with zero attached hydrogens (tertiary/aromatic N) is 2. The summed E-state index contributed by atoms with van der Waals surface area (Å²) >= 11 is 0. The molecule has 1 saturated heterocycles. The Morgan fingerprint density at radius 1 is 1.08 bits per heavy atom. The molecule has 1 amide bonds. The summed E-state index contributed by atoms with van der Waals surface area (Å²) in [6.45, 7) is 5.36. The first kappa shape index (κ1) is 17.7. The van der Waals surface area contributed by atoms with Gasteiger partial charge in [-0.2, -0.15) is 4.31 Å². The van der Waals surface area contributed by atoms with Crippen molar-refractivity contribution in [3.05, 3.63) is 53.3 Å². The Balaban J connectivity index is 1.64. The molecule has 7 heteroatoms. The molecule has 2 heterocycles. The van der Waals surface area contributed by atoms with Gasteiger partial charge >= 0.3 is 0 Å². The molecule has 25 heavy (non-hydrogen) atoms. The van der Waals surface area contributed by atoms with Gasteiger partial charge in [0.1, 0.15) is 0 Å². The van der Waals surface area contributed by atoms with Gasteiger partial charge in [0.25, 0.3) is 0 Å². The predicted molar refractivity (Wildman–Crippen MR) is 95.8 cm³/mol. The summed E-state index contributed by atoms with van der Waals surface area (Å²) < 4.78 is 27.1. The van der Waals surface area contributed by atoms with Crippen molar-refractivity contribution >= 4 is 15.9 Å². The van der Waals surface area contributed by atoms with Gasteiger partial charge in [0.2, 0.25) is 15.9 Å². The second kappa shape index (κ2) is 7.01. The average Bonchev–Trinajstić information content (AvgIpc) is 3.10. The highest BCUT2D eigenvalue weighted by molar-refractivity contribution is 7.89. The van der Waals surface area contributed by atoms with Gasteiger partial charge in [0.15, 0.2) is 0 Å². The number of aromatic nitrogens is 1. The van der Waals surface area contributed by atoms with Gasteiger partial charge in [-0.15, -0.1) is 0 Å². The van der Waals surface area contributed by atoms with Crippen LogP contribution in [0.15, 0.2) is 41.4 Å². The molecule has 2 aromatic rings. The van der Waals surface area contributed by atoms with E-state index >= 15 is 0 Å². The zero-order valence-electron chi connectivity index (χ0n) is 14.5. The normalized spacial score (nSPS) is 16.2. The Kier molecular flexibility index (Phi) is 4.96. The molecule has 3 rings (SSSR count). The third-order valence-corrected chi connectivity index (χ3v) is 6.61. The third-order valence-electron chi connectivity index (χ3n) is 4.71. The molecule has 0 spiro atoms. The monoisotopic (exact) mass is 361 g/mol. The lowest BCUT2D eigenvalue weighted by molar-refractivity contribution is -0.131. The van der Waals surface area contributed by atoms with Crippen LogP contribution >= 0.6 is 0 Å². The molecule has 0 unspecified atom stereocenters. The highest BCUT2D eigenvalue weighted by atomic mass is 32.2. The number of nitrogens with one attached hydrogen (secondary N) is 1. The Hall–Kier alpha value is -2.12. The van der Waals surface area contributed by atoms with Crippen LogP contribution in [0.4, 0.5) is 0 Å². The fourth-order valence-corrected chi connectivity index (χ4v) is 4.46. The number of aromatic amines is 1. The summed E-state index contributed by atoms with van der Waals surface area (Å²) in [7, 11) is -3.51. The van der Waals surface area contributed by atoms with E-state index in [1.807, 2.05) is 32.0 Å². The number of sulfonamides is 1. The molecule has 0 atom stereocenters. The number of amides is 1. The Morgan fingerprint density at radius 3 is 2.40 bits per heavy atom. The Labute approximate surface area is 148 Å². The number of rotatable bonds is 4. The van der Waals surface area contributed by atoms with Crippen molar-refractivity contribution in [2.75, 3.05) is 26.2 Å². The van der Waals surface area contributed by atoms with Crippen molar-refractivity contribution in [1.29, 1.82) is 0 Å². The summed E-state index contributed by atoms with van der Waals surface area (Å²) in [6, 6.07) is 8.93. The van der Waals surface area contributed by atoms with E-state index in [0.29, 0.717) is 37.5 Å². The van der Waals surface area contributed by atoms with Crippen molar-refractivity contribution in [3.8, 4) is 0 Å². The fourth-order valence-electron chi connectivity index (χ4n) is 2.95. The van der Waals surface area contributed by atoms with Crippen LogP contribution in [0.25, 0.3) is 0 Å². The standard InChI is InChI=1S/C18H23N3O3S/c1-14-5-6-17(12-15(14)2)25(23,24)21-10-8-20(9-11-21)18(22)13-16-4-3-7-19-16/h3-7,12,19H,8-11,13H2,1-2H3. The maximum absolute atomic E-state index is 12.8. The van der Waals surface area contributed by atoms with Crippen molar-refractivity contribution in [1.82, 2.24) is 14.2 Å². The molecular weight excluding hydrogens is 338 g/mol. The number of aryl methyl sites for hydroxylation is 2. The summed E-state index contributed by atoms with van der Waals surface area (Å²) in [5, 5.41) is 0. The van der Waals surface area contributed by atoms with E-state index in [0.717, 1.165) is 16.8 Å². The molecule has 134 valence electrons. The van der Waals surface area contributed by atoms with Crippen LogP contribution in [0.1, 0.15) is 16.8 Å². The summed E-state index contributed by atoms with van der Waals surface area (Å²) in [5.41, 5.74) is 2.90. The van der Waals surface area contributed by atoms with Crippen LogP contribution in [-0.4, -0.2) is 54.7 Å². The molecule has 0 saturated carbocycles. The van der Waals surface area contributed by atoms with E-state index in [1.165, 1.54) is 4.31 Å². The molecular formula is C18H23N3O3S. The number of benzene rings is 1. The maximum atomic E-state index is 12.8. The van der Waals surface area contributed by atoms with Crippen molar-refractivity contribution in [2.24, 2.45) is 0 Å². The number of hydrogen-bond acceptors (Lipinski definition) is 3. The van der Waals surface area contributed by atoms with Crippen LogP contribution in [0.3, 0.4) is 0 Å². The van der Waals surface area contributed by atoms with E-state index in [1.54, 1.807) is 23.2 Å². The van der Waals surface area contributed by atoms with Gasteiger partial charge in [-0.05, 0) is 49.2 Å². The zero-order valence-corrected chi connectivity index (χ0v) is 15.3. The molecule has 0 bridgehead atoms. The first-order chi connectivity index (χ1) is 11.9. The first-order valence-electron chi connectivity index (χ1n) is 8.35. The number of piperazine rings is 1. The molecule has 6 nitrogen and oxygen atoms in total. The molecule has 1 fully saturated rings. The minimum atomic E-state index is -3.51. The van der Waals surface area contributed by atoms with E-state index in [4.69, 9.17) is 0 Å². The Bertz CT molecular complexity index is 852. The largest absolute Gasteiger partial charge is 0.365 e. The van der Waals surface area contributed by atoms with Crippen LogP contribution < -0.4 is 0 Å². The van der Waals surface area contributed by atoms with E-state index in [-0.39, 0.29) is 5.91 Å². The highest BCUT2D eigenvalue weighted by Gasteiger charge is 2.30. The third kappa shape index (κ3) is 3.77. The molecule has 1 aliphatic rings. The fraction of sp³-hybridized carbons (Fsp3) is 0.389. The minimum absolute atomic E-state index is 0.0191. The SMILES string of the molecule is Cc1ccc(S(=O)(=O)N2CCN(C(=O)Cc3ccc[nH]3)CC2)cc1C. The first-order valence-corrected chi connectivity index (χ1v) is 9.79. The van der Waals surface area contributed by atoms with Crippen LogP contribution in [0, 0.1) is 13.8 Å². The zero-order chi connectivity index (χ0) is 18.0. The van der Waals surface area contributed by atoms with Gasteiger partial charge in [-0.25, -0.2) is 8.42 Å². The van der Waals surface area contributed by atoms with Gasteiger partial charge < -0.3 is 9.88 Å². The molecule has 1 N–H and O–H groups in total. The van der Waals surface area contributed by atoms with Crippen molar-refractivity contribution in [2.45, 2.75) is 25.2 Å². The van der Waals surface area contributed by atoms with Gasteiger partial charge in [0.05, 0.1) is 11.3 Å². The van der Waals surface area contributed by atoms with E-state index in [9.17, 15) is 13.2 Å².